The van der Waals surface area contributed by atoms with Crippen LogP contribution in [0.2, 0.25) is 0 Å². The molecule has 1 rings (SSSR count). The van der Waals surface area contributed by atoms with Gasteiger partial charge in [0.15, 0.2) is 0 Å². The molecule has 5 nitrogen and oxygen atoms in total. The first-order chi connectivity index (χ1) is 8.59. The second kappa shape index (κ2) is 5.28. The summed E-state index contributed by atoms with van der Waals surface area (Å²) in [6.45, 7) is 6.52. The molecule has 1 heterocycles. The first kappa shape index (κ1) is 15.6. The van der Waals surface area contributed by atoms with E-state index in [9.17, 15) is 14.7 Å². The average molecular weight is 329 g/mol. The number of aromatic nitrogens is 1. The number of amides is 1. The first-order valence-electron chi connectivity index (χ1n) is 5.76. The van der Waals surface area contributed by atoms with Gasteiger partial charge in [-0.25, -0.2) is 4.98 Å². The van der Waals surface area contributed by atoms with E-state index in [1.54, 1.807) is 46.0 Å². The van der Waals surface area contributed by atoms with Gasteiger partial charge in [-0.05, 0) is 55.8 Å². The molecule has 0 aliphatic carbocycles. The molecule has 6 heteroatoms. The van der Waals surface area contributed by atoms with Gasteiger partial charge in [-0.1, -0.05) is 0 Å². The van der Waals surface area contributed by atoms with Crippen molar-refractivity contribution >= 4 is 27.8 Å². The normalized spacial score (nSPS) is 12.1. The lowest BCUT2D eigenvalue weighted by atomic mass is 9.74. The molecule has 0 aromatic carbocycles. The van der Waals surface area contributed by atoms with Crippen LogP contribution in [-0.2, 0) is 4.79 Å². The van der Waals surface area contributed by atoms with Crippen LogP contribution in [-0.4, -0.2) is 27.5 Å². The number of rotatable bonds is 4. The summed E-state index contributed by atoms with van der Waals surface area (Å²) in [5, 5.41) is 12.0. The van der Waals surface area contributed by atoms with Crippen molar-refractivity contribution < 1.29 is 14.7 Å². The highest BCUT2D eigenvalue weighted by Gasteiger charge is 2.44. The summed E-state index contributed by atoms with van der Waals surface area (Å²) in [7, 11) is 0. The molecule has 1 aromatic heterocycles. The van der Waals surface area contributed by atoms with Crippen LogP contribution in [0.4, 0.5) is 0 Å². The Morgan fingerprint density at radius 3 is 2.37 bits per heavy atom. The van der Waals surface area contributed by atoms with E-state index in [2.05, 4.69) is 26.2 Å². The van der Waals surface area contributed by atoms with Crippen molar-refractivity contribution in [2.75, 3.05) is 0 Å². The summed E-state index contributed by atoms with van der Waals surface area (Å²) in [4.78, 5) is 27.4. The van der Waals surface area contributed by atoms with Crippen molar-refractivity contribution in [3.8, 4) is 0 Å². The molecule has 1 aromatic rings. The number of hydrogen-bond acceptors (Lipinski definition) is 3. The quantitative estimate of drug-likeness (QED) is 0.832. The second-order valence-corrected chi connectivity index (χ2v) is 6.10. The first-order valence-corrected chi connectivity index (χ1v) is 6.55. The van der Waals surface area contributed by atoms with Gasteiger partial charge in [0.25, 0.3) is 5.91 Å². The minimum absolute atomic E-state index is 0.362. The number of carbonyl (C=O) groups excluding carboxylic acids is 1. The summed E-state index contributed by atoms with van der Waals surface area (Å²) in [5.41, 5.74) is -1.64. The lowest BCUT2D eigenvalue weighted by Crippen LogP contribution is -2.57. The van der Waals surface area contributed by atoms with Crippen molar-refractivity contribution in [3.63, 3.8) is 0 Å². The van der Waals surface area contributed by atoms with E-state index in [4.69, 9.17) is 0 Å². The average Bonchev–Trinajstić information content (AvgIpc) is 2.28. The fraction of sp³-hybridized carbons (Fsp3) is 0.462. The third-order valence-corrected chi connectivity index (χ3v) is 4.16. The lowest BCUT2D eigenvalue weighted by Gasteiger charge is -2.38. The highest BCUT2D eigenvalue weighted by atomic mass is 79.9. The summed E-state index contributed by atoms with van der Waals surface area (Å²) in [6, 6.07) is 3.27. The van der Waals surface area contributed by atoms with E-state index in [0.717, 1.165) is 0 Å². The van der Waals surface area contributed by atoms with Crippen molar-refractivity contribution in [1.29, 1.82) is 0 Å². The number of hydrogen-bond donors (Lipinski definition) is 2. The van der Waals surface area contributed by atoms with Crippen LogP contribution in [0, 0.1) is 5.41 Å². The SMILES string of the molecule is CC(C)(NC(=O)c1cccnc1Br)C(C)(C)C(=O)O. The molecule has 0 bridgehead atoms. The Morgan fingerprint density at radius 2 is 1.89 bits per heavy atom. The molecule has 104 valence electrons. The highest BCUT2D eigenvalue weighted by Crippen LogP contribution is 2.31. The van der Waals surface area contributed by atoms with Gasteiger partial charge in [0.2, 0.25) is 0 Å². The zero-order chi connectivity index (χ0) is 14.8. The zero-order valence-corrected chi connectivity index (χ0v) is 12.9. The minimum atomic E-state index is -1.10. The van der Waals surface area contributed by atoms with Crippen LogP contribution in [0.15, 0.2) is 22.9 Å². The lowest BCUT2D eigenvalue weighted by molar-refractivity contribution is -0.150. The van der Waals surface area contributed by atoms with Crippen molar-refractivity contribution in [2.45, 2.75) is 33.2 Å². The third kappa shape index (κ3) is 3.12. The Kier molecular flexibility index (Phi) is 4.35. The second-order valence-electron chi connectivity index (χ2n) is 5.35. The van der Waals surface area contributed by atoms with Crippen LogP contribution in [0.25, 0.3) is 0 Å². The van der Waals surface area contributed by atoms with Crippen LogP contribution < -0.4 is 5.32 Å². The molecule has 0 radical (unpaired) electrons. The smallest absolute Gasteiger partial charge is 0.311 e. The number of nitrogens with one attached hydrogen (secondary N) is 1. The molecule has 0 saturated heterocycles. The number of carboxylic acids is 1. The number of pyridine rings is 1. The number of nitrogens with zero attached hydrogens (tertiary/aromatic N) is 1. The number of carboxylic acid groups (broad SMARTS) is 1. The van der Waals surface area contributed by atoms with E-state index in [-0.39, 0.29) is 5.91 Å². The Hall–Kier alpha value is -1.43. The van der Waals surface area contributed by atoms with E-state index in [1.165, 1.54) is 0 Å². The predicted octanol–water partition coefficient (Wildman–Crippen LogP) is 2.46. The Morgan fingerprint density at radius 1 is 1.32 bits per heavy atom. The Labute approximate surface area is 120 Å². The summed E-state index contributed by atoms with van der Waals surface area (Å²) in [6.07, 6.45) is 1.56. The molecule has 0 atom stereocenters. The maximum absolute atomic E-state index is 12.2. The minimum Gasteiger partial charge on any atom is -0.481 e. The monoisotopic (exact) mass is 328 g/mol. The van der Waals surface area contributed by atoms with Gasteiger partial charge >= 0.3 is 5.97 Å². The molecule has 0 aliphatic heterocycles. The van der Waals surface area contributed by atoms with Crippen LogP contribution >= 0.6 is 15.9 Å². The van der Waals surface area contributed by atoms with Crippen molar-refractivity contribution in [1.82, 2.24) is 10.3 Å². The molecule has 0 saturated carbocycles. The van der Waals surface area contributed by atoms with Gasteiger partial charge < -0.3 is 10.4 Å². The zero-order valence-electron chi connectivity index (χ0n) is 11.3. The highest BCUT2D eigenvalue weighted by molar-refractivity contribution is 9.10. The van der Waals surface area contributed by atoms with Gasteiger partial charge in [-0.3, -0.25) is 9.59 Å². The fourth-order valence-corrected chi connectivity index (χ4v) is 1.76. The van der Waals surface area contributed by atoms with Gasteiger partial charge in [0.05, 0.1) is 16.5 Å². The van der Waals surface area contributed by atoms with Crippen molar-refractivity contribution in [3.05, 3.63) is 28.5 Å². The van der Waals surface area contributed by atoms with Gasteiger partial charge in [0, 0.05) is 6.20 Å². The Bertz CT molecular complexity index is 512. The molecule has 19 heavy (non-hydrogen) atoms. The maximum Gasteiger partial charge on any atom is 0.311 e. The molecule has 0 spiro atoms. The molecule has 2 N–H and O–H groups in total. The molecular weight excluding hydrogens is 312 g/mol. The van der Waals surface area contributed by atoms with E-state index < -0.39 is 16.9 Å². The van der Waals surface area contributed by atoms with Crippen LogP contribution in [0.1, 0.15) is 38.1 Å². The summed E-state index contributed by atoms with van der Waals surface area (Å²) in [5.74, 6) is -1.33. The molecule has 0 unspecified atom stereocenters. The summed E-state index contributed by atoms with van der Waals surface area (Å²) < 4.78 is 0.427. The van der Waals surface area contributed by atoms with E-state index in [1.807, 2.05) is 0 Å². The molecule has 0 fully saturated rings. The fourth-order valence-electron chi connectivity index (χ4n) is 1.33. The standard InChI is InChI=1S/C13H17BrN2O3/c1-12(2,11(18)19)13(3,4)16-10(17)8-6-5-7-15-9(8)14/h5-7H,1-4H3,(H,16,17)(H,18,19). The predicted molar refractivity (Wildman–Crippen MR) is 74.9 cm³/mol. The Balaban J connectivity index is 3.00. The number of halogens is 1. The molecule has 1 amide bonds. The molecular formula is C13H17BrN2O3. The van der Waals surface area contributed by atoms with E-state index in [0.29, 0.717) is 10.2 Å². The largest absolute Gasteiger partial charge is 0.481 e. The van der Waals surface area contributed by atoms with E-state index >= 15 is 0 Å². The van der Waals surface area contributed by atoms with Gasteiger partial charge in [-0.15, -0.1) is 0 Å². The molecule has 0 aliphatic rings. The van der Waals surface area contributed by atoms with Gasteiger partial charge in [-0.2, -0.15) is 0 Å². The van der Waals surface area contributed by atoms with Crippen LogP contribution in [0.5, 0.6) is 0 Å². The van der Waals surface area contributed by atoms with Crippen LogP contribution in [0.3, 0.4) is 0 Å². The third-order valence-electron chi connectivity index (χ3n) is 3.53. The summed E-state index contributed by atoms with van der Waals surface area (Å²) >= 11 is 3.20. The maximum atomic E-state index is 12.2. The number of carbonyl (C=O) groups is 2. The van der Waals surface area contributed by atoms with Crippen molar-refractivity contribution in [2.24, 2.45) is 5.41 Å². The van der Waals surface area contributed by atoms with Gasteiger partial charge in [0.1, 0.15) is 4.60 Å². The topological polar surface area (TPSA) is 79.3 Å². The number of aliphatic carboxylic acids is 1.